The number of ether oxygens (including phenoxy) is 1. The van der Waals surface area contributed by atoms with Crippen LogP contribution in [-0.4, -0.2) is 36.2 Å². The molecule has 3 nitrogen and oxygen atoms in total. The maximum absolute atomic E-state index is 13.2. The first-order valence-electron chi connectivity index (χ1n) is 10.6. The monoisotopic (exact) mass is 382 g/mol. The van der Waals surface area contributed by atoms with Crippen LogP contribution in [0.25, 0.3) is 0 Å². The predicted molar refractivity (Wildman–Crippen MR) is 110 cm³/mol. The lowest BCUT2D eigenvalue weighted by molar-refractivity contribution is 0.0443. The van der Waals surface area contributed by atoms with Gasteiger partial charge >= 0.3 is 0 Å². The number of benzene rings is 1. The third-order valence-electron chi connectivity index (χ3n) is 6.69. The van der Waals surface area contributed by atoms with Crippen molar-refractivity contribution in [2.24, 2.45) is 5.41 Å². The number of nitrogens with zero attached hydrogens (tertiary/aromatic N) is 2. The SMILES string of the molecule is CCOCC1(CCc2ccc(F)cc2)CCN(C2(c3ccc(C)nc3)CC2)C1. The summed E-state index contributed by atoms with van der Waals surface area (Å²) < 4.78 is 19.1. The lowest BCUT2D eigenvalue weighted by atomic mass is 9.82. The average Bonchev–Trinajstić information content (AvgIpc) is 3.41. The summed E-state index contributed by atoms with van der Waals surface area (Å²) in [4.78, 5) is 7.23. The maximum Gasteiger partial charge on any atom is 0.123 e. The predicted octanol–water partition coefficient (Wildman–Crippen LogP) is 4.88. The van der Waals surface area contributed by atoms with Crippen LogP contribution in [0.15, 0.2) is 42.6 Å². The Hall–Kier alpha value is -1.78. The first-order valence-corrected chi connectivity index (χ1v) is 10.6. The standard InChI is InChI=1S/C24H31FN2O/c1-3-28-18-23(11-10-20-5-8-22(25)9-6-20)14-15-27(17-23)24(12-13-24)21-7-4-19(2)26-16-21/h4-9,16H,3,10-15,17-18H2,1-2H3. The molecule has 28 heavy (non-hydrogen) atoms. The Kier molecular flexibility index (Phi) is 5.52. The van der Waals surface area contributed by atoms with Crippen molar-refractivity contribution in [1.82, 2.24) is 9.88 Å². The van der Waals surface area contributed by atoms with Crippen LogP contribution >= 0.6 is 0 Å². The molecule has 2 aromatic rings. The topological polar surface area (TPSA) is 25.4 Å². The number of aromatic nitrogens is 1. The molecule has 2 aliphatic rings. The zero-order valence-corrected chi connectivity index (χ0v) is 17.1. The highest BCUT2D eigenvalue weighted by Crippen LogP contribution is 2.54. The fraction of sp³-hybridized carbons (Fsp3) is 0.542. The van der Waals surface area contributed by atoms with Gasteiger partial charge in [-0.1, -0.05) is 18.2 Å². The molecular weight excluding hydrogens is 351 g/mol. The van der Waals surface area contributed by atoms with Crippen molar-refractivity contribution >= 4 is 0 Å². The summed E-state index contributed by atoms with van der Waals surface area (Å²) in [6.07, 6.45) is 7.73. The highest BCUT2D eigenvalue weighted by molar-refractivity contribution is 5.30. The number of rotatable bonds is 8. The Morgan fingerprint density at radius 1 is 1.11 bits per heavy atom. The van der Waals surface area contributed by atoms with E-state index in [4.69, 9.17) is 4.74 Å². The molecule has 2 heterocycles. The number of halogens is 1. The van der Waals surface area contributed by atoms with Crippen molar-refractivity contribution in [2.45, 2.75) is 51.5 Å². The number of hydrogen-bond acceptors (Lipinski definition) is 3. The quantitative estimate of drug-likeness (QED) is 0.651. The molecule has 150 valence electrons. The molecule has 1 saturated heterocycles. The molecule has 1 unspecified atom stereocenters. The third kappa shape index (κ3) is 3.99. The van der Waals surface area contributed by atoms with Crippen LogP contribution in [0.5, 0.6) is 0 Å². The van der Waals surface area contributed by atoms with Crippen molar-refractivity contribution < 1.29 is 9.13 Å². The molecule has 1 aromatic carbocycles. The molecule has 1 saturated carbocycles. The van der Waals surface area contributed by atoms with Crippen molar-refractivity contribution in [3.8, 4) is 0 Å². The normalized spacial score (nSPS) is 23.8. The van der Waals surface area contributed by atoms with Gasteiger partial charge in [0, 0.05) is 36.0 Å². The van der Waals surface area contributed by atoms with Gasteiger partial charge in [-0.3, -0.25) is 9.88 Å². The van der Waals surface area contributed by atoms with Crippen LogP contribution in [0.1, 0.15) is 49.4 Å². The molecule has 1 aliphatic carbocycles. The Balaban J connectivity index is 1.47. The van der Waals surface area contributed by atoms with Gasteiger partial charge in [0.2, 0.25) is 0 Å². The lowest BCUT2D eigenvalue weighted by Crippen LogP contribution is -2.38. The van der Waals surface area contributed by atoms with Crippen LogP contribution in [0.2, 0.25) is 0 Å². The number of aryl methyl sites for hydroxylation is 2. The molecule has 0 spiro atoms. The summed E-state index contributed by atoms with van der Waals surface area (Å²) in [5.41, 5.74) is 4.01. The van der Waals surface area contributed by atoms with Crippen molar-refractivity contribution in [3.05, 3.63) is 65.2 Å². The second-order valence-corrected chi connectivity index (χ2v) is 8.65. The fourth-order valence-corrected chi connectivity index (χ4v) is 4.72. The van der Waals surface area contributed by atoms with Crippen LogP contribution in [0, 0.1) is 18.2 Å². The van der Waals surface area contributed by atoms with Gasteiger partial charge in [-0.2, -0.15) is 0 Å². The lowest BCUT2D eigenvalue weighted by Gasteiger charge is -2.33. The van der Waals surface area contributed by atoms with E-state index in [0.717, 1.165) is 51.3 Å². The van der Waals surface area contributed by atoms with Crippen molar-refractivity contribution in [2.75, 3.05) is 26.3 Å². The molecule has 1 atom stereocenters. The highest BCUT2D eigenvalue weighted by Gasteiger charge is 2.54. The van der Waals surface area contributed by atoms with E-state index in [9.17, 15) is 4.39 Å². The summed E-state index contributed by atoms with van der Waals surface area (Å²) in [6.45, 7) is 7.86. The third-order valence-corrected chi connectivity index (χ3v) is 6.69. The maximum atomic E-state index is 13.2. The summed E-state index contributed by atoms with van der Waals surface area (Å²) in [7, 11) is 0. The molecule has 2 fully saturated rings. The molecule has 4 rings (SSSR count). The van der Waals surface area contributed by atoms with Gasteiger partial charge in [-0.25, -0.2) is 4.39 Å². The van der Waals surface area contributed by atoms with E-state index in [1.54, 1.807) is 12.1 Å². The number of likely N-dealkylation sites (tertiary alicyclic amines) is 1. The first-order chi connectivity index (χ1) is 13.6. The number of hydrogen-bond donors (Lipinski definition) is 0. The van der Waals surface area contributed by atoms with E-state index in [0.29, 0.717) is 0 Å². The Morgan fingerprint density at radius 2 is 1.89 bits per heavy atom. The zero-order chi connectivity index (χ0) is 19.6. The van der Waals surface area contributed by atoms with E-state index in [1.807, 2.05) is 19.1 Å². The second-order valence-electron chi connectivity index (χ2n) is 8.65. The second kappa shape index (κ2) is 7.92. The molecule has 4 heteroatoms. The summed E-state index contributed by atoms with van der Waals surface area (Å²) in [5, 5.41) is 0. The van der Waals surface area contributed by atoms with Crippen LogP contribution in [0.4, 0.5) is 4.39 Å². The Morgan fingerprint density at radius 3 is 2.54 bits per heavy atom. The Labute approximate surface area is 167 Å². The smallest absolute Gasteiger partial charge is 0.123 e. The van der Waals surface area contributed by atoms with Crippen LogP contribution < -0.4 is 0 Å². The molecule has 1 aromatic heterocycles. The van der Waals surface area contributed by atoms with E-state index < -0.39 is 0 Å². The molecule has 0 N–H and O–H groups in total. The summed E-state index contributed by atoms with van der Waals surface area (Å²) >= 11 is 0. The largest absolute Gasteiger partial charge is 0.381 e. The van der Waals surface area contributed by atoms with Gasteiger partial charge in [0.25, 0.3) is 0 Å². The molecule has 0 bridgehead atoms. The van der Waals surface area contributed by atoms with Gasteiger partial charge < -0.3 is 4.74 Å². The number of pyridine rings is 1. The van der Waals surface area contributed by atoms with Crippen LogP contribution in [0.3, 0.4) is 0 Å². The van der Waals surface area contributed by atoms with Crippen LogP contribution in [-0.2, 0) is 16.7 Å². The minimum atomic E-state index is -0.165. The van der Waals surface area contributed by atoms with Gasteiger partial charge in [-0.05, 0) is 81.8 Å². The molecule has 1 aliphatic heterocycles. The van der Waals surface area contributed by atoms with E-state index >= 15 is 0 Å². The highest BCUT2D eigenvalue weighted by atomic mass is 19.1. The summed E-state index contributed by atoms with van der Waals surface area (Å²) in [5.74, 6) is -0.165. The van der Waals surface area contributed by atoms with Gasteiger partial charge in [-0.15, -0.1) is 0 Å². The molecular formula is C24H31FN2O. The van der Waals surface area contributed by atoms with E-state index in [2.05, 4.69) is 35.1 Å². The van der Waals surface area contributed by atoms with Gasteiger partial charge in [0.1, 0.15) is 5.82 Å². The van der Waals surface area contributed by atoms with E-state index in [1.165, 1.54) is 24.0 Å². The van der Waals surface area contributed by atoms with Gasteiger partial charge in [0.15, 0.2) is 0 Å². The average molecular weight is 383 g/mol. The van der Waals surface area contributed by atoms with E-state index in [-0.39, 0.29) is 16.8 Å². The molecule has 0 radical (unpaired) electrons. The minimum absolute atomic E-state index is 0.165. The zero-order valence-electron chi connectivity index (χ0n) is 17.1. The Bertz CT molecular complexity index is 785. The summed E-state index contributed by atoms with van der Waals surface area (Å²) in [6, 6.07) is 11.3. The first kappa shape index (κ1) is 19.5. The minimum Gasteiger partial charge on any atom is -0.381 e. The van der Waals surface area contributed by atoms with Gasteiger partial charge in [0.05, 0.1) is 6.61 Å². The molecule has 0 amide bonds. The van der Waals surface area contributed by atoms with Crippen molar-refractivity contribution in [1.29, 1.82) is 0 Å². The fourth-order valence-electron chi connectivity index (χ4n) is 4.72. The van der Waals surface area contributed by atoms with Crippen molar-refractivity contribution in [3.63, 3.8) is 0 Å².